The number of methoxy groups -OCH3 is 1. The molecule has 1 aliphatic heterocycles. The van der Waals surface area contributed by atoms with Gasteiger partial charge in [-0.1, -0.05) is 6.08 Å². The molecule has 0 aromatic heterocycles. The monoisotopic (exact) mass is 170 g/mol. The average molecular weight is 170 g/mol. The van der Waals surface area contributed by atoms with E-state index in [0.29, 0.717) is 12.2 Å². The van der Waals surface area contributed by atoms with E-state index in [1.807, 2.05) is 6.08 Å². The van der Waals surface area contributed by atoms with Gasteiger partial charge in [-0.2, -0.15) is 0 Å². The minimum absolute atomic E-state index is 0.338. The molecule has 1 heterocycles. The van der Waals surface area contributed by atoms with E-state index in [0.717, 1.165) is 25.9 Å². The number of allylic oxidation sites excluding steroid dienone is 1. The van der Waals surface area contributed by atoms with Crippen LogP contribution in [0.4, 0.5) is 0 Å². The maximum absolute atomic E-state index is 5.73. The van der Waals surface area contributed by atoms with Crippen molar-refractivity contribution in [2.75, 3.05) is 13.7 Å². The molecule has 1 aliphatic rings. The Morgan fingerprint density at radius 2 is 2.25 bits per heavy atom. The summed E-state index contributed by atoms with van der Waals surface area (Å²) >= 11 is 0. The molecule has 1 saturated heterocycles. The van der Waals surface area contributed by atoms with Crippen molar-refractivity contribution in [2.45, 2.75) is 37.9 Å². The molecule has 0 radical (unpaired) electrons. The quantitative estimate of drug-likeness (QED) is 0.588. The molecule has 0 spiro atoms. The summed E-state index contributed by atoms with van der Waals surface area (Å²) in [6.07, 6.45) is 7.24. The summed E-state index contributed by atoms with van der Waals surface area (Å²) in [4.78, 5) is 0. The average Bonchev–Trinajstić information content (AvgIpc) is 2.50. The van der Waals surface area contributed by atoms with E-state index in [4.69, 9.17) is 9.47 Å². The molecule has 12 heavy (non-hydrogen) atoms. The first-order valence-electron chi connectivity index (χ1n) is 4.62. The summed E-state index contributed by atoms with van der Waals surface area (Å²) in [5, 5.41) is 0. The normalized spacial score (nSPS) is 29.1. The number of ether oxygens (including phenoxy) is 2. The molecule has 2 atom stereocenters. The van der Waals surface area contributed by atoms with Crippen LogP contribution in [-0.2, 0) is 9.47 Å². The van der Waals surface area contributed by atoms with Gasteiger partial charge in [-0.3, -0.25) is 0 Å². The van der Waals surface area contributed by atoms with Crippen molar-refractivity contribution >= 4 is 0 Å². The molecule has 1 rings (SSSR count). The molecule has 1 fully saturated rings. The first-order chi connectivity index (χ1) is 5.86. The second-order valence-corrected chi connectivity index (χ2v) is 3.28. The summed E-state index contributed by atoms with van der Waals surface area (Å²) in [5.74, 6) is 0. The van der Waals surface area contributed by atoms with Crippen LogP contribution >= 0.6 is 0 Å². The van der Waals surface area contributed by atoms with Crippen LogP contribution in [0.5, 0.6) is 0 Å². The fraction of sp³-hybridized carbons (Fsp3) is 0.800. The largest absolute Gasteiger partial charge is 0.382 e. The lowest BCUT2D eigenvalue weighted by Crippen LogP contribution is -2.15. The van der Waals surface area contributed by atoms with Gasteiger partial charge in [0.25, 0.3) is 0 Å². The predicted molar refractivity (Wildman–Crippen MR) is 49.2 cm³/mol. The molecule has 2 unspecified atom stereocenters. The zero-order valence-corrected chi connectivity index (χ0v) is 7.79. The van der Waals surface area contributed by atoms with Crippen LogP contribution in [0, 0.1) is 0 Å². The van der Waals surface area contributed by atoms with Crippen LogP contribution in [0.15, 0.2) is 12.7 Å². The van der Waals surface area contributed by atoms with Gasteiger partial charge in [-0.05, 0) is 25.7 Å². The second-order valence-electron chi connectivity index (χ2n) is 3.28. The Morgan fingerprint density at radius 1 is 1.50 bits per heavy atom. The molecule has 0 aromatic carbocycles. The van der Waals surface area contributed by atoms with Gasteiger partial charge < -0.3 is 9.47 Å². The van der Waals surface area contributed by atoms with Crippen molar-refractivity contribution in [1.82, 2.24) is 0 Å². The highest BCUT2D eigenvalue weighted by atomic mass is 16.5. The van der Waals surface area contributed by atoms with Gasteiger partial charge in [0.15, 0.2) is 0 Å². The second kappa shape index (κ2) is 5.33. The highest BCUT2D eigenvalue weighted by molar-refractivity contribution is 4.76. The summed E-state index contributed by atoms with van der Waals surface area (Å²) in [6.45, 7) is 4.44. The van der Waals surface area contributed by atoms with Crippen LogP contribution in [-0.4, -0.2) is 25.9 Å². The molecule has 0 saturated carbocycles. The zero-order chi connectivity index (χ0) is 8.81. The minimum atomic E-state index is 0.338. The van der Waals surface area contributed by atoms with E-state index < -0.39 is 0 Å². The van der Waals surface area contributed by atoms with Crippen molar-refractivity contribution in [3.8, 4) is 0 Å². The molecule has 0 aliphatic carbocycles. The first kappa shape index (κ1) is 9.75. The number of hydrogen-bond acceptors (Lipinski definition) is 2. The van der Waals surface area contributed by atoms with E-state index in [9.17, 15) is 0 Å². The van der Waals surface area contributed by atoms with Crippen LogP contribution in [0.3, 0.4) is 0 Å². The van der Waals surface area contributed by atoms with Crippen LogP contribution in [0.2, 0.25) is 0 Å². The standard InChI is InChI=1S/C10H18O2/c1-3-4-5-9-6-7-10(12-9)8-11-2/h3,9-10H,1,4-8H2,2H3. The Kier molecular flexibility index (Phi) is 4.33. The Labute approximate surface area is 74.6 Å². The van der Waals surface area contributed by atoms with Crippen LogP contribution in [0.25, 0.3) is 0 Å². The van der Waals surface area contributed by atoms with Crippen LogP contribution in [0.1, 0.15) is 25.7 Å². The van der Waals surface area contributed by atoms with E-state index in [1.54, 1.807) is 7.11 Å². The Morgan fingerprint density at radius 3 is 2.92 bits per heavy atom. The SMILES string of the molecule is C=CCCC1CCC(COC)O1. The molecule has 0 N–H and O–H groups in total. The lowest BCUT2D eigenvalue weighted by Gasteiger charge is -2.11. The third-order valence-corrected chi connectivity index (χ3v) is 2.24. The van der Waals surface area contributed by atoms with Gasteiger partial charge in [-0.25, -0.2) is 0 Å². The summed E-state index contributed by atoms with van der Waals surface area (Å²) in [6, 6.07) is 0. The van der Waals surface area contributed by atoms with Crippen molar-refractivity contribution < 1.29 is 9.47 Å². The van der Waals surface area contributed by atoms with Crippen LogP contribution < -0.4 is 0 Å². The van der Waals surface area contributed by atoms with Gasteiger partial charge in [0.1, 0.15) is 0 Å². The summed E-state index contributed by atoms with van der Waals surface area (Å²) in [5.41, 5.74) is 0. The van der Waals surface area contributed by atoms with Gasteiger partial charge in [0.05, 0.1) is 18.8 Å². The van der Waals surface area contributed by atoms with E-state index in [1.165, 1.54) is 6.42 Å². The fourth-order valence-corrected chi connectivity index (χ4v) is 1.60. The molecular formula is C10H18O2. The third kappa shape index (κ3) is 2.95. The van der Waals surface area contributed by atoms with Crippen molar-refractivity contribution in [3.05, 3.63) is 12.7 Å². The minimum Gasteiger partial charge on any atom is -0.382 e. The van der Waals surface area contributed by atoms with Crippen molar-refractivity contribution in [2.24, 2.45) is 0 Å². The molecule has 2 heteroatoms. The number of hydrogen-bond donors (Lipinski definition) is 0. The molecule has 70 valence electrons. The van der Waals surface area contributed by atoms with Gasteiger partial charge in [0.2, 0.25) is 0 Å². The Balaban J connectivity index is 2.12. The molecule has 0 bridgehead atoms. The molecular weight excluding hydrogens is 152 g/mol. The van der Waals surface area contributed by atoms with Gasteiger partial charge >= 0.3 is 0 Å². The van der Waals surface area contributed by atoms with Gasteiger partial charge in [0, 0.05) is 7.11 Å². The zero-order valence-electron chi connectivity index (χ0n) is 7.79. The molecule has 2 nitrogen and oxygen atoms in total. The predicted octanol–water partition coefficient (Wildman–Crippen LogP) is 2.15. The molecule has 0 amide bonds. The molecule has 0 aromatic rings. The maximum atomic E-state index is 5.73. The lowest BCUT2D eigenvalue weighted by atomic mass is 10.1. The first-order valence-corrected chi connectivity index (χ1v) is 4.62. The topological polar surface area (TPSA) is 18.5 Å². The summed E-state index contributed by atoms with van der Waals surface area (Å²) in [7, 11) is 1.72. The fourth-order valence-electron chi connectivity index (χ4n) is 1.60. The highest BCUT2D eigenvalue weighted by Crippen LogP contribution is 2.23. The van der Waals surface area contributed by atoms with Crippen molar-refractivity contribution in [3.63, 3.8) is 0 Å². The Hall–Kier alpha value is -0.340. The highest BCUT2D eigenvalue weighted by Gasteiger charge is 2.23. The summed E-state index contributed by atoms with van der Waals surface area (Å²) < 4.78 is 10.8. The van der Waals surface area contributed by atoms with E-state index >= 15 is 0 Å². The maximum Gasteiger partial charge on any atom is 0.0813 e. The van der Waals surface area contributed by atoms with E-state index in [2.05, 4.69) is 6.58 Å². The van der Waals surface area contributed by atoms with Crippen molar-refractivity contribution in [1.29, 1.82) is 0 Å². The van der Waals surface area contributed by atoms with E-state index in [-0.39, 0.29) is 0 Å². The smallest absolute Gasteiger partial charge is 0.0813 e. The third-order valence-electron chi connectivity index (χ3n) is 2.24. The Bertz CT molecular complexity index is 134. The number of rotatable bonds is 5. The lowest BCUT2D eigenvalue weighted by molar-refractivity contribution is -0.00367. The van der Waals surface area contributed by atoms with Gasteiger partial charge in [-0.15, -0.1) is 6.58 Å².